The minimum absolute atomic E-state index is 0.129. The molecule has 11 heavy (non-hydrogen) atoms. The zero-order chi connectivity index (χ0) is 8.27. The first-order valence-corrected chi connectivity index (χ1v) is 4.31. The number of Topliss-reactive ketones (excluding diaryl/α,β-unsaturated/α-hetero) is 1. The SMILES string of the molecule is CC(=O)CO[C@@H]1CCC[C@@H]1C. The van der Waals surface area contributed by atoms with Crippen molar-refractivity contribution < 1.29 is 9.53 Å². The Kier molecular flexibility index (Phi) is 3.06. The molecule has 0 aromatic heterocycles. The molecule has 1 saturated carbocycles. The molecular weight excluding hydrogens is 140 g/mol. The molecule has 0 aliphatic heterocycles. The van der Waals surface area contributed by atoms with E-state index in [1.54, 1.807) is 6.92 Å². The second kappa shape index (κ2) is 3.86. The summed E-state index contributed by atoms with van der Waals surface area (Å²) in [6.07, 6.45) is 3.99. The first-order chi connectivity index (χ1) is 5.20. The van der Waals surface area contributed by atoms with Crippen LogP contribution < -0.4 is 0 Å². The topological polar surface area (TPSA) is 26.3 Å². The van der Waals surface area contributed by atoms with Gasteiger partial charge in [0.25, 0.3) is 0 Å². The lowest BCUT2D eigenvalue weighted by Crippen LogP contribution is -2.19. The molecule has 0 spiro atoms. The Morgan fingerprint density at radius 1 is 1.55 bits per heavy atom. The van der Waals surface area contributed by atoms with Gasteiger partial charge in [-0.3, -0.25) is 4.79 Å². The van der Waals surface area contributed by atoms with Crippen LogP contribution in [0.1, 0.15) is 33.1 Å². The highest BCUT2D eigenvalue weighted by atomic mass is 16.5. The highest BCUT2D eigenvalue weighted by Gasteiger charge is 2.23. The van der Waals surface area contributed by atoms with Crippen LogP contribution in [0.15, 0.2) is 0 Å². The van der Waals surface area contributed by atoms with Crippen LogP contribution in [-0.4, -0.2) is 18.5 Å². The summed E-state index contributed by atoms with van der Waals surface area (Å²) < 4.78 is 5.43. The lowest BCUT2D eigenvalue weighted by atomic mass is 10.1. The zero-order valence-corrected chi connectivity index (χ0v) is 7.30. The molecule has 0 aromatic rings. The van der Waals surface area contributed by atoms with E-state index in [-0.39, 0.29) is 5.78 Å². The van der Waals surface area contributed by atoms with Gasteiger partial charge in [0, 0.05) is 0 Å². The Hall–Kier alpha value is -0.370. The van der Waals surface area contributed by atoms with Crippen LogP contribution in [0.5, 0.6) is 0 Å². The molecular formula is C9H16O2. The Balaban J connectivity index is 2.20. The molecule has 0 bridgehead atoms. The fourth-order valence-electron chi connectivity index (χ4n) is 1.58. The van der Waals surface area contributed by atoms with E-state index in [2.05, 4.69) is 6.92 Å². The average molecular weight is 156 g/mol. The minimum atomic E-state index is 0.129. The summed E-state index contributed by atoms with van der Waals surface area (Å²) >= 11 is 0. The van der Waals surface area contributed by atoms with Gasteiger partial charge in [0.05, 0.1) is 6.10 Å². The van der Waals surface area contributed by atoms with Crippen LogP contribution in [0.4, 0.5) is 0 Å². The predicted octanol–water partition coefficient (Wildman–Crippen LogP) is 1.78. The highest BCUT2D eigenvalue weighted by molar-refractivity contribution is 5.76. The van der Waals surface area contributed by atoms with E-state index in [0.717, 1.165) is 6.42 Å². The Labute approximate surface area is 67.9 Å². The Bertz CT molecular complexity index is 142. The number of carbonyl (C=O) groups is 1. The number of hydrogen-bond acceptors (Lipinski definition) is 2. The maximum Gasteiger partial charge on any atom is 0.155 e. The van der Waals surface area contributed by atoms with Crippen LogP contribution in [0, 0.1) is 5.92 Å². The highest BCUT2D eigenvalue weighted by Crippen LogP contribution is 2.27. The van der Waals surface area contributed by atoms with E-state index in [4.69, 9.17) is 4.74 Å². The van der Waals surface area contributed by atoms with Gasteiger partial charge in [0.1, 0.15) is 6.61 Å². The van der Waals surface area contributed by atoms with E-state index < -0.39 is 0 Å². The second-order valence-electron chi connectivity index (χ2n) is 3.46. The molecule has 0 heterocycles. The lowest BCUT2D eigenvalue weighted by Gasteiger charge is -2.14. The summed E-state index contributed by atoms with van der Waals surface area (Å²) in [6, 6.07) is 0. The fourth-order valence-corrected chi connectivity index (χ4v) is 1.58. The van der Waals surface area contributed by atoms with Gasteiger partial charge in [-0.15, -0.1) is 0 Å². The number of ketones is 1. The largest absolute Gasteiger partial charge is 0.370 e. The molecule has 0 amide bonds. The number of carbonyl (C=O) groups excluding carboxylic acids is 1. The quantitative estimate of drug-likeness (QED) is 0.622. The molecule has 0 saturated heterocycles. The van der Waals surface area contributed by atoms with Crippen LogP contribution in [0.2, 0.25) is 0 Å². The van der Waals surface area contributed by atoms with Crippen LogP contribution in [0.25, 0.3) is 0 Å². The first kappa shape index (κ1) is 8.72. The third-order valence-electron chi connectivity index (χ3n) is 2.28. The van der Waals surface area contributed by atoms with Crippen molar-refractivity contribution in [2.45, 2.75) is 39.2 Å². The molecule has 2 atom stereocenters. The van der Waals surface area contributed by atoms with Gasteiger partial charge in [-0.25, -0.2) is 0 Å². The number of hydrogen-bond donors (Lipinski definition) is 0. The van der Waals surface area contributed by atoms with Gasteiger partial charge in [-0.2, -0.15) is 0 Å². The normalized spacial score (nSPS) is 30.7. The van der Waals surface area contributed by atoms with Gasteiger partial charge in [-0.05, 0) is 25.7 Å². The molecule has 1 aliphatic rings. The standard InChI is InChI=1S/C9H16O2/c1-7-4-3-5-9(7)11-6-8(2)10/h7,9H,3-6H2,1-2H3/t7-,9+/m0/s1. The minimum Gasteiger partial charge on any atom is -0.370 e. The zero-order valence-electron chi connectivity index (χ0n) is 7.30. The fraction of sp³-hybridized carbons (Fsp3) is 0.889. The van der Waals surface area contributed by atoms with Crippen LogP contribution in [0.3, 0.4) is 0 Å². The molecule has 0 unspecified atom stereocenters. The van der Waals surface area contributed by atoms with Crippen molar-refractivity contribution in [3.05, 3.63) is 0 Å². The summed E-state index contributed by atoms with van der Waals surface area (Å²) in [5.74, 6) is 0.776. The third-order valence-corrected chi connectivity index (χ3v) is 2.28. The second-order valence-corrected chi connectivity index (χ2v) is 3.46. The molecule has 2 heteroatoms. The summed E-state index contributed by atoms with van der Waals surface area (Å²) in [5.41, 5.74) is 0. The van der Waals surface area contributed by atoms with Crippen molar-refractivity contribution in [2.24, 2.45) is 5.92 Å². The molecule has 1 fully saturated rings. The first-order valence-electron chi connectivity index (χ1n) is 4.31. The predicted molar refractivity (Wildman–Crippen MR) is 43.4 cm³/mol. The van der Waals surface area contributed by atoms with Crippen molar-refractivity contribution in [3.8, 4) is 0 Å². The lowest BCUT2D eigenvalue weighted by molar-refractivity contribution is -0.124. The van der Waals surface area contributed by atoms with Crippen LogP contribution in [-0.2, 0) is 9.53 Å². The molecule has 2 nitrogen and oxygen atoms in total. The van der Waals surface area contributed by atoms with Crippen molar-refractivity contribution >= 4 is 5.78 Å². The van der Waals surface area contributed by atoms with Crippen molar-refractivity contribution in [3.63, 3.8) is 0 Å². The number of rotatable bonds is 3. The van der Waals surface area contributed by atoms with Crippen molar-refractivity contribution in [1.29, 1.82) is 0 Å². The molecule has 0 radical (unpaired) electrons. The monoisotopic (exact) mass is 156 g/mol. The third kappa shape index (κ3) is 2.62. The summed E-state index contributed by atoms with van der Waals surface area (Å²) in [6.45, 7) is 4.06. The molecule has 1 aliphatic carbocycles. The van der Waals surface area contributed by atoms with Gasteiger partial charge < -0.3 is 4.74 Å². The maximum atomic E-state index is 10.6. The van der Waals surface area contributed by atoms with E-state index in [0.29, 0.717) is 18.6 Å². The van der Waals surface area contributed by atoms with Crippen molar-refractivity contribution in [1.82, 2.24) is 0 Å². The van der Waals surface area contributed by atoms with E-state index in [1.807, 2.05) is 0 Å². The van der Waals surface area contributed by atoms with Crippen LogP contribution >= 0.6 is 0 Å². The van der Waals surface area contributed by atoms with Gasteiger partial charge >= 0.3 is 0 Å². The van der Waals surface area contributed by atoms with Gasteiger partial charge in [0.15, 0.2) is 5.78 Å². The summed E-state index contributed by atoms with van der Waals surface area (Å²) in [7, 11) is 0. The molecule has 1 rings (SSSR count). The van der Waals surface area contributed by atoms with Gasteiger partial charge in [0.2, 0.25) is 0 Å². The van der Waals surface area contributed by atoms with Crippen molar-refractivity contribution in [2.75, 3.05) is 6.61 Å². The average Bonchev–Trinajstić information content (AvgIpc) is 2.31. The summed E-state index contributed by atoms with van der Waals surface area (Å²) in [4.78, 5) is 10.6. The molecule has 64 valence electrons. The smallest absolute Gasteiger partial charge is 0.155 e. The molecule has 0 N–H and O–H groups in total. The molecule has 0 aromatic carbocycles. The summed E-state index contributed by atoms with van der Waals surface area (Å²) in [5, 5.41) is 0. The number of ether oxygens (including phenoxy) is 1. The van der Waals surface area contributed by atoms with E-state index in [9.17, 15) is 4.79 Å². The maximum absolute atomic E-state index is 10.6. The van der Waals surface area contributed by atoms with E-state index in [1.165, 1.54) is 12.8 Å². The Morgan fingerprint density at radius 3 is 2.73 bits per heavy atom. The Morgan fingerprint density at radius 2 is 2.27 bits per heavy atom. The van der Waals surface area contributed by atoms with E-state index >= 15 is 0 Å². The van der Waals surface area contributed by atoms with Gasteiger partial charge in [-0.1, -0.05) is 13.3 Å².